The van der Waals surface area contributed by atoms with Crippen molar-refractivity contribution in [2.75, 3.05) is 0 Å². The van der Waals surface area contributed by atoms with E-state index in [0.29, 0.717) is 4.47 Å². The fourth-order valence-electron chi connectivity index (χ4n) is 1.72. The third-order valence-electron chi connectivity index (χ3n) is 2.79. The third kappa shape index (κ3) is 3.61. The number of non-ortho nitro benzene ring substituents is 1. The van der Waals surface area contributed by atoms with Crippen molar-refractivity contribution in [2.24, 2.45) is 4.99 Å². The molecule has 0 saturated carbocycles. The van der Waals surface area contributed by atoms with Crippen molar-refractivity contribution in [3.05, 3.63) is 60.6 Å². The second-order valence-electron chi connectivity index (χ2n) is 4.31. The number of phenols is 2. The standard InChI is InChI=1S/C13H8BrN3O6/c14-8-3-7(13(19)11(4-8)17(22)23)6-15-10-2-1-9(16(20)21)5-12(10)18/h1-6,18-19H/b15-6+. The predicted octanol–water partition coefficient (Wildman–Crippen LogP) is 3.43. The van der Waals surface area contributed by atoms with Crippen LogP contribution in [0.1, 0.15) is 5.56 Å². The molecule has 0 unspecified atom stereocenters. The molecule has 118 valence electrons. The summed E-state index contributed by atoms with van der Waals surface area (Å²) in [6, 6.07) is 5.82. The second-order valence-corrected chi connectivity index (χ2v) is 5.22. The molecule has 0 spiro atoms. The Balaban J connectivity index is 2.41. The Hall–Kier alpha value is -3.01. The summed E-state index contributed by atoms with van der Waals surface area (Å²) >= 11 is 3.08. The van der Waals surface area contributed by atoms with E-state index >= 15 is 0 Å². The molecule has 2 aromatic rings. The number of hydrogen-bond donors (Lipinski definition) is 2. The highest BCUT2D eigenvalue weighted by atomic mass is 79.9. The maximum Gasteiger partial charge on any atom is 0.312 e. The topological polar surface area (TPSA) is 139 Å². The number of aliphatic imine (C=N–C) groups is 1. The van der Waals surface area contributed by atoms with Crippen LogP contribution in [0.4, 0.5) is 17.1 Å². The number of nitro groups is 2. The SMILES string of the molecule is O=[N+]([O-])c1ccc(/N=C/c2cc(Br)cc([N+](=O)[O-])c2O)c(O)c1. The lowest BCUT2D eigenvalue weighted by molar-refractivity contribution is -0.386. The molecule has 10 heteroatoms. The molecule has 2 N–H and O–H groups in total. The number of aromatic hydroxyl groups is 2. The van der Waals surface area contributed by atoms with Gasteiger partial charge in [-0.3, -0.25) is 25.2 Å². The van der Waals surface area contributed by atoms with Gasteiger partial charge in [-0.1, -0.05) is 15.9 Å². The first-order chi connectivity index (χ1) is 10.8. The number of phenolic OH excluding ortho intramolecular Hbond substituents is 2. The largest absolute Gasteiger partial charge is 0.505 e. The molecule has 2 rings (SSSR count). The summed E-state index contributed by atoms with van der Waals surface area (Å²) in [5, 5.41) is 40.9. The molecule has 0 aromatic heterocycles. The van der Waals surface area contributed by atoms with Crippen LogP contribution >= 0.6 is 15.9 Å². The zero-order valence-corrected chi connectivity index (χ0v) is 12.8. The van der Waals surface area contributed by atoms with Gasteiger partial charge in [0.25, 0.3) is 5.69 Å². The van der Waals surface area contributed by atoms with Gasteiger partial charge < -0.3 is 10.2 Å². The van der Waals surface area contributed by atoms with Crippen molar-refractivity contribution in [3.63, 3.8) is 0 Å². The summed E-state index contributed by atoms with van der Waals surface area (Å²) < 4.78 is 0.358. The molecular formula is C13H8BrN3O6. The van der Waals surface area contributed by atoms with Gasteiger partial charge in [0.15, 0.2) is 0 Å². The van der Waals surface area contributed by atoms with E-state index in [0.717, 1.165) is 24.4 Å². The van der Waals surface area contributed by atoms with Crippen LogP contribution in [0.25, 0.3) is 0 Å². The van der Waals surface area contributed by atoms with Crippen molar-refractivity contribution >= 4 is 39.2 Å². The van der Waals surface area contributed by atoms with Gasteiger partial charge in [0, 0.05) is 28.4 Å². The van der Waals surface area contributed by atoms with E-state index in [9.17, 15) is 30.4 Å². The average Bonchev–Trinajstić information content (AvgIpc) is 2.48. The van der Waals surface area contributed by atoms with E-state index in [2.05, 4.69) is 20.9 Å². The zero-order valence-electron chi connectivity index (χ0n) is 11.2. The van der Waals surface area contributed by atoms with Crippen LogP contribution < -0.4 is 0 Å². The van der Waals surface area contributed by atoms with Gasteiger partial charge in [-0.15, -0.1) is 0 Å². The van der Waals surface area contributed by atoms with Crippen molar-refractivity contribution < 1.29 is 20.1 Å². The van der Waals surface area contributed by atoms with Gasteiger partial charge in [0.2, 0.25) is 5.75 Å². The molecule has 0 radical (unpaired) electrons. The fourth-order valence-corrected chi connectivity index (χ4v) is 2.18. The van der Waals surface area contributed by atoms with E-state index in [-0.39, 0.29) is 16.9 Å². The van der Waals surface area contributed by atoms with Crippen LogP contribution in [-0.4, -0.2) is 26.3 Å². The summed E-state index contributed by atoms with van der Waals surface area (Å²) in [5.74, 6) is -1.01. The molecule has 0 fully saturated rings. The van der Waals surface area contributed by atoms with Crippen LogP contribution in [0.3, 0.4) is 0 Å². The Bertz CT molecular complexity index is 837. The summed E-state index contributed by atoms with van der Waals surface area (Å²) in [5.41, 5.74) is -0.752. The van der Waals surface area contributed by atoms with Crippen molar-refractivity contribution in [1.29, 1.82) is 0 Å². The van der Waals surface area contributed by atoms with E-state index in [1.54, 1.807) is 0 Å². The van der Waals surface area contributed by atoms with Gasteiger partial charge in [0.1, 0.15) is 11.4 Å². The van der Waals surface area contributed by atoms with Gasteiger partial charge in [0.05, 0.1) is 15.9 Å². The fraction of sp³-hybridized carbons (Fsp3) is 0. The second kappa shape index (κ2) is 6.40. The molecule has 0 heterocycles. The Morgan fingerprint density at radius 1 is 1.09 bits per heavy atom. The molecule has 0 aliphatic heterocycles. The monoisotopic (exact) mass is 381 g/mol. The number of halogens is 1. The highest BCUT2D eigenvalue weighted by Gasteiger charge is 2.17. The first kappa shape index (κ1) is 16.4. The van der Waals surface area contributed by atoms with Crippen molar-refractivity contribution in [3.8, 4) is 11.5 Å². The minimum Gasteiger partial charge on any atom is -0.505 e. The summed E-state index contributed by atoms with van der Waals surface area (Å²) in [7, 11) is 0. The van der Waals surface area contributed by atoms with Gasteiger partial charge in [-0.2, -0.15) is 0 Å². The summed E-state index contributed by atoms with van der Waals surface area (Å²) in [6.45, 7) is 0. The maximum absolute atomic E-state index is 10.8. The van der Waals surface area contributed by atoms with Gasteiger partial charge in [-0.25, -0.2) is 0 Å². The van der Waals surface area contributed by atoms with Crippen molar-refractivity contribution in [2.45, 2.75) is 0 Å². The number of rotatable bonds is 4. The maximum atomic E-state index is 10.8. The molecule has 0 aliphatic rings. The van der Waals surface area contributed by atoms with Crippen LogP contribution in [0.2, 0.25) is 0 Å². The van der Waals surface area contributed by atoms with Crippen LogP contribution in [0.15, 0.2) is 39.8 Å². The first-order valence-corrected chi connectivity index (χ1v) is 6.77. The lowest BCUT2D eigenvalue weighted by Gasteiger charge is -2.02. The Morgan fingerprint density at radius 2 is 1.78 bits per heavy atom. The molecule has 23 heavy (non-hydrogen) atoms. The molecule has 0 atom stereocenters. The number of benzene rings is 2. The number of nitro benzene ring substituents is 2. The molecular weight excluding hydrogens is 374 g/mol. The Labute approximate surface area is 137 Å². The molecule has 2 aromatic carbocycles. The smallest absolute Gasteiger partial charge is 0.312 e. The zero-order chi connectivity index (χ0) is 17.1. The van der Waals surface area contributed by atoms with Crippen molar-refractivity contribution in [1.82, 2.24) is 0 Å². The lowest BCUT2D eigenvalue weighted by Crippen LogP contribution is -1.92. The van der Waals surface area contributed by atoms with Gasteiger partial charge in [-0.05, 0) is 12.1 Å². The first-order valence-electron chi connectivity index (χ1n) is 5.98. The molecule has 0 amide bonds. The lowest BCUT2D eigenvalue weighted by atomic mass is 10.2. The van der Waals surface area contributed by atoms with E-state index < -0.39 is 27.0 Å². The van der Waals surface area contributed by atoms with Crippen LogP contribution in [0.5, 0.6) is 11.5 Å². The highest BCUT2D eigenvalue weighted by Crippen LogP contribution is 2.34. The predicted molar refractivity (Wildman–Crippen MR) is 84.5 cm³/mol. The minimum atomic E-state index is -0.749. The normalized spacial score (nSPS) is 10.8. The number of hydrogen-bond acceptors (Lipinski definition) is 7. The summed E-state index contributed by atoms with van der Waals surface area (Å²) in [4.78, 5) is 23.9. The Morgan fingerprint density at radius 3 is 2.35 bits per heavy atom. The molecule has 9 nitrogen and oxygen atoms in total. The van der Waals surface area contributed by atoms with Crippen LogP contribution in [0, 0.1) is 20.2 Å². The van der Waals surface area contributed by atoms with E-state index in [4.69, 9.17) is 0 Å². The molecule has 0 aliphatic carbocycles. The molecule has 0 bridgehead atoms. The van der Waals surface area contributed by atoms with Gasteiger partial charge >= 0.3 is 5.69 Å². The average molecular weight is 382 g/mol. The quantitative estimate of drug-likeness (QED) is 0.472. The van der Waals surface area contributed by atoms with E-state index in [1.807, 2.05) is 0 Å². The number of nitrogens with zero attached hydrogens (tertiary/aromatic N) is 3. The van der Waals surface area contributed by atoms with Crippen LogP contribution in [-0.2, 0) is 0 Å². The Kier molecular flexibility index (Phi) is 4.55. The third-order valence-corrected chi connectivity index (χ3v) is 3.25. The highest BCUT2D eigenvalue weighted by molar-refractivity contribution is 9.10. The molecule has 0 saturated heterocycles. The van der Waals surface area contributed by atoms with E-state index in [1.165, 1.54) is 12.1 Å². The summed E-state index contributed by atoms with van der Waals surface area (Å²) in [6.07, 6.45) is 1.11. The minimum absolute atomic E-state index is 0.0117.